The highest BCUT2D eigenvalue weighted by molar-refractivity contribution is 6.40. The summed E-state index contributed by atoms with van der Waals surface area (Å²) in [7, 11) is 0. The maximum atomic E-state index is 15.0. The first-order chi connectivity index (χ1) is 29.3. The molecular weight excluding hydrogens is 822 g/mol. The van der Waals surface area contributed by atoms with Crippen LogP contribution in [-0.2, 0) is 57.2 Å². The number of amides is 1. The van der Waals surface area contributed by atoms with Crippen molar-refractivity contribution in [3.63, 3.8) is 0 Å². The van der Waals surface area contributed by atoms with Crippen LogP contribution in [0.25, 0.3) is 0 Å². The lowest BCUT2D eigenvalue weighted by Gasteiger charge is -2.67. The van der Waals surface area contributed by atoms with Gasteiger partial charge in [-0.2, -0.15) is 0 Å². The molecule has 3 aliphatic carbocycles. The van der Waals surface area contributed by atoms with E-state index in [4.69, 9.17) is 28.4 Å². The Labute approximate surface area is 364 Å². The Kier molecular flexibility index (Phi) is 12.6. The Balaban J connectivity index is 1.52. The predicted octanol–water partition coefficient (Wildman–Crippen LogP) is 3.54. The molecule has 1 saturated heterocycles. The molecule has 6 rings (SSSR count). The number of rotatable bonds is 10. The molecule has 0 spiro atoms. The van der Waals surface area contributed by atoms with Gasteiger partial charge in [0.2, 0.25) is 23.5 Å². The maximum absolute atomic E-state index is 15.0. The van der Waals surface area contributed by atoms with Crippen molar-refractivity contribution in [3.8, 4) is 0 Å². The SMILES string of the molecule is CC(=O)O[C@@]12CO[C@@H]1C[C@H](O)[C@@]1(C)C(=O)C(=O)C3C(C)[C@@H](OC(=O)[C@H](OC(=O)OC(C)(C)C)[C@@H](NC(=O)C(C)=O)c4ccccc4)CC(O)([C@@H](OC(=O)c4ccccc4)[C@H]21)C3(C)C. The zero-order chi connectivity index (χ0) is 46.6. The van der Waals surface area contributed by atoms with Gasteiger partial charge in [-0.1, -0.05) is 69.3 Å². The van der Waals surface area contributed by atoms with Crippen LogP contribution in [0.2, 0.25) is 0 Å². The van der Waals surface area contributed by atoms with Crippen molar-refractivity contribution in [2.45, 2.75) is 129 Å². The van der Waals surface area contributed by atoms with Crippen molar-refractivity contribution in [1.82, 2.24) is 5.32 Å². The Morgan fingerprint density at radius 3 is 2.05 bits per heavy atom. The lowest BCUT2D eigenvalue weighted by molar-refractivity contribution is -0.350. The van der Waals surface area contributed by atoms with Crippen molar-refractivity contribution >= 4 is 47.3 Å². The number of esters is 3. The van der Waals surface area contributed by atoms with Gasteiger partial charge in [0.1, 0.15) is 35.6 Å². The number of aliphatic hydroxyl groups excluding tert-OH is 1. The summed E-state index contributed by atoms with van der Waals surface area (Å²) < 4.78 is 35.3. The summed E-state index contributed by atoms with van der Waals surface area (Å²) in [6.45, 7) is 12.3. The number of fused-ring (bicyclic) bond motifs is 5. The normalized spacial score (nSPS) is 32.9. The molecule has 340 valence electrons. The van der Waals surface area contributed by atoms with Crippen LogP contribution < -0.4 is 5.32 Å². The summed E-state index contributed by atoms with van der Waals surface area (Å²) >= 11 is 0. The molecule has 63 heavy (non-hydrogen) atoms. The van der Waals surface area contributed by atoms with E-state index < -0.39 is 136 Å². The lowest BCUT2D eigenvalue weighted by Crippen LogP contribution is -2.82. The Morgan fingerprint density at radius 2 is 1.51 bits per heavy atom. The van der Waals surface area contributed by atoms with Gasteiger partial charge in [-0.05, 0) is 45.4 Å². The third-order valence-corrected chi connectivity index (χ3v) is 13.4. The van der Waals surface area contributed by atoms with E-state index in [1.807, 2.05) is 0 Å². The van der Waals surface area contributed by atoms with E-state index in [1.54, 1.807) is 57.2 Å². The molecule has 0 aromatic heterocycles. The fourth-order valence-electron chi connectivity index (χ4n) is 10.2. The molecular formula is C46H55NO16. The van der Waals surface area contributed by atoms with Crippen molar-refractivity contribution < 1.29 is 77.0 Å². The van der Waals surface area contributed by atoms with Crippen LogP contribution in [0.1, 0.15) is 97.1 Å². The maximum Gasteiger partial charge on any atom is 0.509 e. The first kappa shape index (κ1) is 47.0. The molecule has 17 heteroatoms. The molecule has 3 saturated carbocycles. The molecule has 17 nitrogen and oxygen atoms in total. The minimum atomic E-state index is -2.45. The number of ether oxygens (including phenoxy) is 6. The largest absolute Gasteiger partial charge is 0.509 e. The average molecular weight is 878 g/mol. The van der Waals surface area contributed by atoms with Gasteiger partial charge in [0.25, 0.3) is 5.91 Å². The van der Waals surface area contributed by atoms with E-state index in [0.29, 0.717) is 0 Å². The standard InChI is InChI=1S/C46H55NO16/c1-23-28(59-40(55)34(60-41(56)63-42(4,5)6)32(47-38(53)24(2)48)26-16-12-10-13-17-26)21-46(57)37(61-39(54)27-18-14-11-15-19-27)35-44(9,36(52)33(51)31(23)43(46,7)8)29(50)20-30-45(35,22-58-30)62-25(3)49/h10-19,23,28-32,34-35,37,50,57H,20-22H2,1-9H3,(H,47,53)/t23?,28-,29-,30+,31?,32-,34+,35-,37-,44+,45-,46?/m0/s1. The van der Waals surface area contributed by atoms with Crippen molar-refractivity contribution in [2.24, 2.45) is 28.6 Å². The first-order valence-corrected chi connectivity index (χ1v) is 20.8. The monoisotopic (exact) mass is 877 g/mol. The van der Waals surface area contributed by atoms with E-state index in [1.165, 1.54) is 52.0 Å². The number of hydrogen-bond acceptors (Lipinski definition) is 16. The fraction of sp³-hybridized carbons (Fsp3) is 0.565. The summed E-state index contributed by atoms with van der Waals surface area (Å²) in [5.74, 6) is -11.5. The van der Waals surface area contributed by atoms with Crippen LogP contribution in [0.3, 0.4) is 0 Å². The average Bonchev–Trinajstić information content (AvgIpc) is 3.20. The van der Waals surface area contributed by atoms with Crippen molar-refractivity contribution in [1.29, 1.82) is 0 Å². The van der Waals surface area contributed by atoms with E-state index in [-0.39, 0.29) is 24.2 Å². The van der Waals surface area contributed by atoms with E-state index in [0.717, 1.165) is 13.8 Å². The first-order valence-electron chi connectivity index (χ1n) is 20.8. The third kappa shape index (κ3) is 8.26. The molecule has 3 N–H and O–H groups in total. The fourth-order valence-corrected chi connectivity index (χ4v) is 10.2. The van der Waals surface area contributed by atoms with Crippen molar-refractivity contribution in [2.75, 3.05) is 6.61 Å². The quantitative estimate of drug-likeness (QED) is 0.176. The molecule has 4 fully saturated rings. The van der Waals surface area contributed by atoms with Gasteiger partial charge in [0, 0.05) is 43.9 Å². The minimum Gasteiger partial charge on any atom is -0.459 e. The topological polar surface area (TPSA) is 244 Å². The van der Waals surface area contributed by atoms with Crippen molar-refractivity contribution in [3.05, 3.63) is 71.8 Å². The Hall–Kier alpha value is -5.52. The van der Waals surface area contributed by atoms with Crippen LogP contribution >= 0.6 is 0 Å². The molecule has 4 aliphatic rings. The smallest absolute Gasteiger partial charge is 0.459 e. The highest BCUT2D eigenvalue weighted by Crippen LogP contribution is 2.64. The van der Waals surface area contributed by atoms with Gasteiger partial charge in [0.15, 0.2) is 5.60 Å². The van der Waals surface area contributed by atoms with E-state index >= 15 is 4.79 Å². The highest BCUT2D eigenvalue weighted by atomic mass is 16.7. The number of hydrogen-bond donors (Lipinski definition) is 3. The third-order valence-electron chi connectivity index (χ3n) is 13.4. The molecule has 1 amide bonds. The molecule has 0 radical (unpaired) electrons. The lowest BCUT2D eigenvalue weighted by atomic mass is 9.42. The van der Waals surface area contributed by atoms with Gasteiger partial charge in [0.05, 0.1) is 29.6 Å². The summed E-state index contributed by atoms with van der Waals surface area (Å²) in [6.07, 6.45) is -10.3. The summed E-state index contributed by atoms with van der Waals surface area (Å²) in [5, 5.41) is 27.9. The van der Waals surface area contributed by atoms with E-state index in [9.17, 15) is 43.8 Å². The highest BCUT2D eigenvalue weighted by Gasteiger charge is 2.79. The second kappa shape index (κ2) is 16.9. The molecule has 2 aromatic rings. The number of carbonyl (C=O) groups excluding carboxylic acids is 8. The van der Waals surface area contributed by atoms with Crippen LogP contribution in [0, 0.1) is 28.6 Å². The molecule has 2 aromatic carbocycles. The molecule has 1 heterocycles. The summed E-state index contributed by atoms with van der Waals surface area (Å²) in [4.78, 5) is 110. The van der Waals surface area contributed by atoms with Gasteiger partial charge in [-0.25, -0.2) is 14.4 Å². The Morgan fingerprint density at radius 1 is 0.905 bits per heavy atom. The number of ketones is 3. The number of carbonyl (C=O) groups is 8. The molecule has 3 unspecified atom stereocenters. The van der Waals surface area contributed by atoms with Gasteiger partial charge in [-0.15, -0.1) is 0 Å². The Bertz CT molecular complexity index is 2170. The minimum absolute atomic E-state index is 0.0368. The van der Waals surface area contributed by atoms with Crippen LogP contribution in [0.4, 0.5) is 4.79 Å². The van der Waals surface area contributed by atoms with Crippen LogP contribution in [-0.4, -0.2) is 111 Å². The number of aliphatic hydroxyl groups is 2. The van der Waals surface area contributed by atoms with Gasteiger partial charge < -0.3 is 44.0 Å². The van der Waals surface area contributed by atoms with Gasteiger partial charge >= 0.3 is 24.1 Å². The van der Waals surface area contributed by atoms with E-state index in [2.05, 4.69) is 5.32 Å². The van der Waals surface area contributed by atoms with Crippen LogP contribution in [0.15, 0.2) is 60.7 Å². The zero-order valence-corrected chi connectivity index (χ0v) is 36.7. The number of nitrogens with one attached hydrogen (secondary N) is 1. The molecule has 1 aliphatic heterocycles. The molecule has 2 bridgehead atoms. The zero-order valence-electron chi connectivity index (χ0n) is 36.7. The predicted molar refractivity (Wildman–Crippen MR) is 217 cm³/mol. The summed E-state index contributed by atoms with van der Waals surface area (Å²) in [5.41, 5.74) is -8.97. The number of benzene rings is 2. The second-order valence-electron chi connectivity index (χ2n) is 18.8. The molecule has 12 atom stereocenters. The second-order valence-corrected chi connectivity index (χ2v) is 18.8. The summed E-state index contributed by atoms with van der Waals surface area (Å²) in [6, 6.07) is 13.9. The van der Waals surface area contributed by atoms with Gasteiger partial charge in [-0.3, -0.25) is 24.0 Å². The van der Waals surface area contributed by atoms with Crippen LogP contribution in [0.5, 0.6) is 0 Å². The number of Topliss-reactive ketones (excluding diaryl/α,β-unsaturated/α-hetero) is 3.